The minimum absolute atomic E-state index is 0.0519. The highest BCUT2D eigenvalue weighted by atomic mass is 19.4. The fraction of sp³-hybridized carbons (Fsp3) is 0.487. The maximum atomic E-state index is 13.9. The summed E-state index contributed by atoms with van der Waals surface area (Å²) >= 11 is 0. The summed E-state index contributed by atoms with van der Waals surface area (Å²) in [5.41, 5.74) is 2.14. The van der Waals surface area contributed by atoms with E-state index in [0.717, 1.165) is 70.4 Å². The molecule has 4 N–H and O–H groups in total. The Balaban J connectivity index is 1.21. The molecule has 0 aliphatic heterocycles. The maximum absolute atomic E-state index is 13.9. The Hall–Kier alpha value is -5.61. The normalized spacial score (nSPS) is 15.9. The molecule has 1 fully saturated rings. The van der Waals surface area contributed by atoms with E-state index in [4.69, 9.17) is 19.6 Å². The number of aromatic nitrogens is 4. The number of anilines is 2. The Kier molecular flexibility index (Phi) is 13.0. The van der Waals surface area contributed by atoms with E-state index in [1.165, 1.54) is 13.1 Å². The van der Waals surface area contributed by atoms with Gasteiger partial charge in [-0.1, -0.05) is 6.92 Å². The predicted octanol–water partition coefficient (Wildman–Crippen LogP) is 7.42. The van der Waals surface area contributed by atoms with Gasteiger partial charge in [0.2, 0.25) is 11.9 Å². The number of aryl methyl sites for hydroxylation is 2. The van der Waals surface area contributed by atoms with Crippen LogP contribution in [0.4, 0.5) is 34.4 Å². The molecule has 0 bridgehead atoms. The van der Waals surface area contributed by atoms with Gasteiger partial charge in [-0.25, -0.2) is 19.6 Å². The van der Waals surface area contributed by atoms with Crippen LogP contribution < -0.4 is 20.7 Å². The van der Waals surface area contributed by atoms with E-state index >= 15 is 0 Å². The molecule has 56 heavy (non-hydrogen) atoms. The van der Waals surface area contributed by atoms with E-state index in [9.17, 15) is 27.6 Å². The van der Waals surface area contributed by atoms with E-state index in [-0.39, 0.29) is 43.8 Å². The molecule has 0 radical (unpaired) electrons. The first-order valence-electron chi connectivity index (χ1n) is 18.6. The van der Waals surface area contributed by atoms with Crippen LogP contribution in [0, 0.1) is 0 Å². The third kappa shape index (κ3) is 11.2. The average Bonchev–Trinajstić information content (AvgIpc) is 3.48. The monoisotopic (exact) mass is 782 g/mol. The number of hydrogen-bond acceptors (Lipinski definition) is 9. The second-order valence-corrected chi connectivity index (χ2v) is 14.9. The second kappa shape index (κ2) is 17.5. The lowest BCUT2D eigenvalue weighted by Gasteiger charge is -2.30. The van der Waals surface area contributed by atoms with Gasteiger partial charge in [-0.15, -0.1) is 0 Å². The molecular formula is C39H49F3N8O6. The highest BCUT2D eigenvalue weighted by Crippen LogP contribution is 2.38. The summed E-state index contributed by atoms with van der Waals surface area (Å²) in [6.45, 7) is 7.51. The van der Waals surface area contributed by atoms with Crippen LogP contribution in [0.25, 0.3) is 22.2 Å². The number of carbonyl (C=O) groups is 3. The van der Waals surface area contributed by atoms with E-state index < -0.39 is 41.2 Å². The molecule has 2 aromatic carbocycles. The molecule has 0 spiro atoms. The average molecular weight is 783 g/mol. The standard InChI is InChI=1S/C39H49F3N8O6/c1-7-23-17-24(18-25-22-43-35(47-34(23)25)45-26-9-11-27(12-10-26)46-36(52)56-38(2,3)4)31-20-29(48-50(31)6)21-33(51)44-28-13-14-32(30(19-28)39(40,41)42)55-16-8-15-49(5)37(53)54/h13-14,17-20,22,26-27H,7-12,15-16,21H2,1-6H3,(H,44,51)(H,46,52)(H,53,54)(H,43,45,47). The SMILES string of the molecule is CCc1cc(-c2cc(CC(=O)Nc3ccc(OCCCN(C)C(=O)O)c(C(F)(F)F)c3)nn2C)cc2cnc(NC3CCC(NC(=O)OC(C)(C)C)CC3)nc12. The van der Waals surface area contributed by atoms with E-state index in [1.807, 2.05) is 39.8 Å². The molecule has 3 amide bonds. The van der Waals surface area contributed by atoms with Crippen molar-refractivity contribution in [1.82, 2.24) is 30.0 Å². The van der Waals surface area contributed by atoms with Gasteiger partial charge in [-0.2, -0.15) is 18.3 Å². The summed E-state index contributed by atoms with van der Waals surface area (Å²) in [7, 11) is 3.11. The van der Waals surface area contributed by atoms with Crippen LogP contribution in [0.15, 0.2) is 42.6 Å². The summed E-state index contributed by atoms with van der Waals surface area (Å²) in [5.74, 6) is -0.444. The van der Waals surface area contributed by atoms with Crippen molar-refractivity contribution < 1.29 is 42.1 Å². The molecule has 5 rings (SSSR count). The number of halogens is 3. The number of carboxylic acid groups (broad SMARTS) is 1. The molecule has 1 saturated carbocycles. The van der Waals surface area contributed by atoms with Gasteiger partial charge in [0.1, 0.15) is 11.4 Å². The van der Waals surface area contributed by atoms with Crippen LogP contribution in [0.3, 0.4) is 0 Å². The van der Waals surface area contributed by atoms with E-state index in [1.54, 1.807) is 24.0 Å². The number of benzene rings is 2. The Morgan fingerprint density at radius 2 is 1.75 bits per heavy atom. The number of rotatable bonds is 13. The molecule has 2 aromatic heterocycles. The summed E-state index contributed by atoms with van der Waals surface area (Å²) < 4.78 is 54.0. The largest absolute Gasteiger partial charge is 0.493 e. The lowest BCUT2D eigenvalue weighted by Crippen LogP contribution is -2.42. The smallest absolute Gasteiger partial charge is 0.420 e. The van der Waals surface area contributed by atoms with Gasteiger partial charge in [-0.3, -0.25) is 9.48 Å². The van der Waals surface area contributed by atoms with Gasteiger partial charge in [0.25, 0.3) is 0 Å². The molecule has 0 unspecified atom stereocenters. The highest BCUT2D eigenvalue weighted by molar-refractivity contribution is 5.92. The lowest BCUT2D eigenvalue weighted by molar-refractivity contribution is -0.139. The summed E-state index contributed by atoms with van der Waals surface area (Å²) in [6.07, 6.45) is -0.531. The number of amides is 3. The number of ether oxygens (including phenoxy) is 2. The number of nitrogens with one attached hydrogen (secondary N) is 3. The zero-order valence-electron chi connectivity index (χ0n) is 32.4. The molecular weight excluding hydrogens is 733 g/mol. The molecule has 0 atom stereocenters. The molecule has 302 valence electrons. The Labute approximate surface area is 323 Å². The van der Waals surface area contributed by atoms with Crippen LogP contribution in [-0.2, 0) is 35.6 Å². The van der Waals surface area contributed by atoms with Gasteiger partial charge in [-0.05, 0) is 101 Å². The minimum Gasteiger partial charge on any atom is -0.493 e. The number of alkyl halides is 3. The first-order valence-corrected chi connectivity index (χ1v) is 18.6. The zero-order valence-corrected chi connectivity index (χ0v) is 32.4. The Morgan fingerprint density at radius 3 is 2.41 bits per heavy atom. The van der Waals surface area contributed by atoms with Crippen molar-refractivity contribution in [3.8, 4) is 17.0 Å². The number of nitrogens with zero attached hydrogens (tertiary/aromatic N) is 5. The number of alkyl carbamates (subject to hydrolysis) is 1. The van der Waals surface area contributed by atoms with Crippen molar-refractivity contribution in [2.75, 3.05) is 30.8 Å². The topological polar surface area (TPSA) is 173 Å². The highest BCUT2D eigenvalue weighted by Gasteiger charge is 2.35. The van der Waals surface area contributed by atoms with Crippen molar-refractivity contribution in [3.05, 3.63) is 59.4 Å². The van der Waals surface area contributed by atoms with Crippen molar-refractivity contribution in [2.45, 2.75) is 96.5 Å². The Morgan fingerprint density at radius 1 is 1.04 bits per heavy atom. The third-order valence-corrected chi connectivity index (χ3v) is 9.28. The maximum Gasteiger partial charge on any atom is 0.420 e. The summed E-state index contributed by atoms with van der Waals surface area (Å²) in [4.78, 5) is 46.6. The van der Waals surface area contributed by atoms with Gasteiger partial charge < -0.3 is 35.4 Å². The molecule has 4 aromatic rings. The van der Waals surface area contributed by atoms with Crippen molar-refractivity contribution in [1.29, 1.82) is 0 Å². The first kappa shape index (κ1) is 41.6. The van der Waals surface area contributed by atoms with Crippen LogP contribution in [0.2, 0.25) is 0 Å². The lowest BCUT2D eigenvalue weighted by atomic mass is 9.91. The van der Waals surface area contributed by atoms with E-state index in [0.29, 0.717) is 18.1 Å². The predicted molar refractivity (Wildman–Crippen MR) is 205 cm³/mol. The third-order valence-electron chi connectivity index (χ3n) is 9.28. The van der Waals surface area contributed by atoms with Crippen LogP contribution >= 0.6 is 0 Å². The van der Waals surface area contributed by atoms with Crippen molar-refractivity contribution >= 4 is 40.6 Å². The molecule has 17 heteroatoms. The van der Waals surface area contributed by atoms with Crippen molar-refractivity contribution in [3.63, 3.8) is 0 Å². The fourth-order valence-corrected chi connectivity index (χ4v) is 6.53. The van der Waals surface area contributed by atoms with Crippen LogP contribution in [0.5, 0.6) is 5.75 Å². The number of hydrogen-bond donors (Lipinski definition) is 4. The van der Waals surface area contributed by atoms with Crippen molar-refractivity contribution in [2.24, 2.45) is 7.05 Å². The van der Waals surface area contributed by atoms with Crippen LogP contribution in [-0.4, -0.2) is 85.7 Å². The van der Waals surface area contributed by atoms with Gasteiger partial charge >= 0.3 is 18.4 Å². The molecule has 0 saturated heterocycles. The number of fused-ring (bicyclic) bond motifs is 1. The molecule has 2 heterocycles. The first-order chi connectivity index (χ1) is 26.4. The Bertz CT molecular complexity index is 2040. The zero-order chi connectivity index (χ0) is 40.8. The molecule has 1 aliphatic rings. The fourth-order valence-electron chi connectivity index (χ4n) is 6.53. The number of carbonyl (C=O) groups excluding carboxylic acids is 2. The summed E-state index contributed by atoms with van der Waals surface area (Å²) in [5, 5.41) is 23.2. The van der Waals surface area contributed by atoms with E-state index in [2.05, 4.69) is 26.0 Å². The minimum atomic E-state index is -4.76. The van der Waals surface area contributed by atoms with Crippen LogP contribution in [0.1, 0.15) is 76.6 Å². The molecule has 14 nitrogen and oxygen atoms in total. The van der Waals surface area contributed by atoms with Gasteiger partial charge in [0.15, 0.2) is 0 Å². The second-order valence-electron chi connectivity index (χ2n) is 14.9. The quantitative estimate of drug-likeness (QED) is 0.100. The molecule has 1 aliphatic carbocycles. The summed E-state index contributed by atoms with van der Waals surface area (Å²) in [6, 6.07) is 9.22. The van der Waals surface area contributed by atoms with Gasteiger partial charge in [0.05, 0.1) is 35.5 Å². The van der Waals surface area contributed by atoms with Gasteiger partial charge in [0, 0.05) is 55.6 Å².